The Balaban J connectivity index is 0.835. The van der Waals surface area contributed by atoms with Crippen LogP contribution in [-0.4, -0.2) is 98.3 Å². The van der Waals surface area contributed by atoms with Gasteiger partial charge in [0.1, 0.15) is 11.9 Å². The molecule has 3 aliphatic rings. The van der Waals surface area contributed by atoms with Crippen LogP contribution in [-0.2, 0) is 20.8 Å². The number of piperazine rings is 1. The molecule has 2 saturated heterocycles. The first-order valence-electron chi connectivity index (χ1n) is 18.4. The summed E-state index contributed by atoms with van der Waals surface area (Å²) in [6.45, 7) is 1.30. The van der Waals surface area contributed by atoms with E-state index in [0.717, 1.165) is 24.2 Å². The predicted octanol–water partition coefficient (Wildman–Crippen LogP) is 4.08. The van der Waals surface area contributed by atoms with E-state index >= 15 is 0 Å². The van der Waals surface area contributed by atoms with E-state index in [1.54, 1.807) is 52.3 Å². The van der Waals surface area contributed by atoms with Gasteiger partial charge in [0.15, 0.2) is 0 Å². The van der Waals surface area contributed by atoms with Crippen LogP contribution in [0.1, 0.15) is 87.3 Å². The molecule has 0 spiro atoms. The first-order valence-corrected chi connectivity index (χ1v) is 19.4. The third-order valence-electron chi connectivity index (χ3n) is 10.3. The molecule has 1 unspecified atom stereocenters. The molecule has 2 fully saturated rings. The Morgan fingerprint density at radius 3 is 2.36 bits per heavy atom. The molecule has 1 aromatic heterocycles. The summed E-state index contributed by atoms with van der Waals surface area (Å²) in [4.78, 5) is 93.8. The van der Waals surface area contributed by atoms with Gasteiger partial charge in [-0.2, -0.15) is 5.10 Å². The van der Waals surface area contributed by atoms with Gasteiger partial charge in [0.25, 0.3) is 23.3 Å². The number of carbonyl (C=O) groups excluding carboxylic acids is 6. The van der Waals surface area contributed by atoms with Gasteiger partial charge in [0.05, 0.1) is 27.8 Å². The second kappa shape index (κ2) is 16.3. The standard InChI is InChI=1S/C40H39FN6O7S/c41-29-14-13-24(23-30-25-8-4-5-9-26(25)36(50)44-43-30)22-28(29)38(52)46-19-17-45(18-20-46)34(49)12-3-1-2-6-21-55-32-11-7-10-27-35(32)40(54)47(39(27)53)31-15-16-33(48)42-37(31)51/h4-5,7-11,13-14,22,31H,1-3,6,12,15-21,23H2,(H,44,50)(H,42,48,51). The molecule has 7 rings (SSSR count). The number of piperidine rings is 1. The number of H-pyrrole nitrogens is 1. The molecule has 3 aliphatic heterocycles. The minimum atomic E-state index is -1.01. The number of fused-ring (bicyclic) bond motifs is 2. The summed E-state index contributed by atoms with van der Waals surface area (Å²) < 4.78 is 14.9. The molecule has 13 nitrogen and oxygen atoms in total. The van der Waals surface area contributed by atoms with Gasteiger partial charge in [-0.25, -0.2) is 9.49 Å². The van der Waals surface area contributed by atoms with E-state index in [2.05, 4.69) is 15.5 Å². The molecule has 284 valence electrons. The van der Waals surface area contributed by atoms with Gasteiger partial charge in [-0.3, -0.25) is 43.8 Å². The SMILES string of the molecule is O=C1CCC(N2C(=O)c3cccc(SCCCCCCC(=O)N4CCN(C(=O)c5cc(Cc6n[nH]c(=O)c7ccccc67)ccc5F)CC4)c3C2=O)C(=O)N1. The number of hydrogen-bond acceptors (Lipinski definition) is 9. The number of nitrogens with one attached hydrogen (secondary N) is 2. The predicted molar refractivity (Wildman–Crippen MR) is 201 cm³/mol. The van der Waals surface area contributed by atoms with Crippen molar-refractivity contribution in [2.24, 2.45) is 0 Å². The number of benzene rings is 3. The number of thioether (sulfide) groups is 1. The summed E-state index contributed by atoms with van der Waals surface area (Å²) in [5.74, 6) is -2.46. The Morgan fingerprint density at radius 2 is 1.58 bits per heavy atom. The van der Waals surface area contributed by atoms with E-state index in [4.69, 9.17) is 0 Å². The van der Waals surface area contributed by atoms with Gasteiger partial charge in [-0.1, -0.05) is 43.2 Å². The Hall–Kier alpha value is -5.70. The molecule has 0 aliphatic carbocycles. The van der Waals surface area contributed by atoms with Crippen molar-refractivity contribution in [3.8, 4) is 0 Å². The lowest BCUT2D eigenvalue weighted by Gasteiger charge is -2.35. The van der Waals surface area contributed by atoms with Crippen molar-refractivity contribution < 1.29 is 33.2 Å². The molecule has 1 atom stereocenters. The summed E-state index contributed by atoms with van der Waals surface area (Å²) in [5.41, 5.74) is 1.50. The minimum Gasteiger partial charge on any atom is -0.339 e. The van der Waals surface area contributed by atoms with Crippen molar-refractivity contribution in [1.29, 1.82) is 0 Å². The zero-order valence-corrected chi connectivity index (χ0v) is 30.8. The smallest absolute Gasteiger partial charge is 0.272 e. The highest BCUT2D eigenvalue weighted by molar-refractivity contribution is 7.99. The topological polar surface area (TPSA) is 170 Å². The van der Waals surface area contributed by atoms with Crippen LogP contribution < -0.4 is 10.9 Å². The second-order valence-electron chi connectivity index (χ2n) is 13.8. The second-order valence-corrected chi connectivity index (χ2v) is 15.0. The number of imide groups is 2. The Kier molecular flexibility index (Phi) is 11.2. The molecule has 3 aromatic carbocycles. The number of aromatic nitrogens is 2. The highest BCUT2D eigenvalue weighted by Gasteiger charge is 2.45. The Labute approximate surface area is 319 Å². The van der Waals surface area contributed by atoms with Crippen LogP contribution in [0.2, 0.25) is 0 Å². The number of carbonyl (C=O) groups is 6. The van der Waals surface area contributed by atoms with Gasteiger partial charge < -0.3 is 9.80 Å². The average molecular weight is 767 g/mol. The van der Waals surface area contributed by atoms with Crippen molar-refractivity contribution in [3.05, 3.63) is 105 Å². The van der Waals surface area contributed by atoms with Crippen LogP contribution in [0.15, 0.2) is 70.4 Å². The van der Waals surface area contributed by atoms with E-state index in [0.29, 0.717) is 83.7 Å². The van der Waals surface area contributed by atoms with Crippen molar-refractivity contribution in [3.63, 3.8) is 0 Å². The maximum atomic E-state index is 14.9. The van der Waals surface area contributed by atoms with Gasteiger partial charge in [-0.05, 0) is 60.9 Å². The molecule has 2 N–H and O–H groups in total. The fourth-order valence-corrected chi connectivity index (χ4v) is 8.44. The molecule has 15 heteroatoms. The minimum absolute atomic E-state index is 0.0128. The maximum absolute atomic E-state index is 14.9. The number of amides is 6. The van der Waals surface area contributed by atoms with Crippen LogP contribution in [0, 0.1) is 5.82 Å². The number of unbranched alkanes of at least 4 members (excludes halogenated alkanes) is 3. The van der Waals surface area contributed by atoms with Crippen LogP contribution >= 0.6 is 11.8 Å². The van der Waals surface area contributed by atoms with Crippen LogP contribution in [0.4, 0.5) is 4.39 Å². The number of hydrogen-bond donors (Lipinski definition) is 2. The Morgan fingerprint density at radius 1 is 0.836 bits per heavy atom. The molecular weight excluding hydrogens is 728 g/mol. The highest BCUT2D eigenvalue weighted by atomic mass is 32.2. The van der Waals surface area contributed by atoms with Gasteiger partial charge in [0, 0.05) is 55.7 Å². The van der Waals surface area contributed by atoms with E-state index in [1.807, 2.05) is 6.07 Å². The molecule has 0 saturated carbocycles. The third kappa shape index (κ3) is 7.93. The maximum Gasteiger partial charge on any atom is 0.272 e. The zero-order chi connectivity index (χ0) is 38.6. The molecule has 6 amide bonds. The molecule has 0 radical (unpaired) electrons. The van der Waals surface area contributed by atoms with Crippen molar-refractivity contribution >= 4 is 58.0 Å². The number of rotatable bonds is 12. The van der Waals surface area contributed by atoms with Crippen molar-refractivity contribution in [1.82, 2.24) is 30.2 Å². The fourth-order valence-electron chi connectivity index (χ4n) is 7.35. The lowest BCUT2D eigenvalue weighted by molar-refractivity contribution is -0.136. The van der Waals surface area contributed by atoms with E-state index in [1.165, 1.54) is 23.9 Å². The zero-order valence-electron chi connectivity index (χ0n) is 30.0. The highest BCUT2D eigenvalue weighted by Crippen LogP contribution is 2.35. The average Bonchev–Trinajstić information content (AvgIpc) is 3.45. The fraction of sp³-hybridized carbons (Fsp3) is 0.350. The number of halogens is 1. The lowest BCUT2D eigenvalue weighted by Crippen LogP contribution is -2.54. The number of nitrogens with zero attached hydrogens (tertiary/aromatic N) is 4. The molecule has 4 aromatic rings. The molecule has 55 heavy (non-hydrogen) atoms. The van der Waals surface area contributed by atoms with Crippen LogP contribution in [0.5, 0.6) is 0 Å². The summed E-state index contributed by atoms with van der Waals surface area (Å²) in [6, 6.07) is 15.6. The summed E-state index contributed by atoms with van der Waals surface area (Å²) in [7, 11) is 0. The van der Waals surface area contributed by atoms with E-state index < -0.39 is 41.4 Å². The summed E-state index contributed by atoms with van der Waals surface area (Å²) >= 11 is 1.47. The van der Waals surface area contributed by atoms with Gasteiger partial charge in [-0.15, -0.1) is 11.8 Å². The van der Waals surface area contributed by atoms with Crippen LogP contribution in [0.25, 0.3) is 10.8 Å². The first kappa shape index (κ1) is 37.6. The molecular formula is C40H39FN6O7S. The van der Waals surface area contributed by atoms with Gasteiger partial charge >= 0.3 is 0 Å². The number of aromatic amines is 1. The monoisotopic (exact) mass is 766 g/mol. The van der Waals surface area contributed by atoms with Crippen molar-refractivity contribution in [2.45, 2.75) is 62.3 Å². The Bertz CT molecular complexity index is 2270. The van der Waals surface area contributed by atoms with E-state index in [-0.39, 0.29) is 35.4 Å². The molecule has 4 heterocycles. The van der Waals surface area contributed by atoms with E-state index in [9.17, 15) is 38.0 Å². The van der Waals surface area contributed by atoms with Gasteiger partial charge in [0.2, 0.25) is 17.7 Å². The molecule has 0 bridgehead atoms. The summed E-state index contributed by atoms with van der Waals surface area (Å²) in [6.07, 6.45) is 4.07. The quantitative estimate of drug-likeness (QED) is 0.123. The summed E-state index contributed by atoms with van der Waals surface area (Å²) in [5, 5.41) is 10.1. The largest absolute Gasteiger partial charge is 0.339 e. The lowest BCUT2D eigenvalue weighted by atomic mass is 10.0. The normalized spacial score (nSPS) is 17.2. The third-order valence-corrected chi connectivity index (χ3v) is 11.4. The van der Waals surface area contributed by atoms with Crippen LogP contribution in [0.3, 0.4) is 0 Å². The first-order chi connectivity index (χ1) is 26.6. The van der Waals surface area contributed by atoms with Crippen molar-refractivity contribution in [2.75, 3.05) is 31.9 Å².